The third-order valence-electron chi connectivity index (χ3n) is 9.26. The van der Waals surface area contributed by atoms with Crippen LogP contribution in [0.4, 0.5) is 4.79 Å². The van der Waals surface area contributed by atoms with Crippen molar-refractivity contribution in [2.24, 2.45) is 11.1 Å². The van der Waals surface area contributed by atoms with Gasteiger partial charge in [-0.1, -0.05) is 72.3 Å². The van der Waals surface area contributed by atoms with E-state index in [0.29, 0.717) is 37.6 Å². The average Bonchev–Trinajstić information content (AvgIpc) is 3.46. The number of benzene rings is 3. The van der Waals surface area contributed by atoms with Crippen LogP contribution in [-0.2, 0) is 29.0 Å². The Hall–Kier alpha value is -3.88. The van der Waals surface area contributed by atoms with Gasteiger partial charge in [0.25, 0.3) is 0 Å². The zero-order valence-corrected chi connectivity index (χ0v) is 24.2. The molecule has 0 bridgehead atoms. The number of hydrogen-bond acceptors (Lipinski definition) is 4. The number of nitrogens with zero attached hydrogens (tertiary/aromatic N) is 1. The number of urea groups is 1. The maximum Gasteiger partial charge on any atom is 0.315 e. The number of nitrogens with two attached hydrogens (primary N) is 1. The normalized spacial score (nSPS) is 22.0. The molecule has 2 saturated heterocycles. The van der Waals surface area contributed by atoms with Crippen LogP contribution in [0.3, 0.4) is 0 Å². The van der Waals surface area contributed by atoms with Gasteiger partial charge < -0.3 is 26.6 Å². The van der Waals surface area contributed by atoms with Crippen LogP contribution in [0.1, 0.15) is 52.6 Å². The van der Waals surface area contributed by atoms with E-state index in [9.17, 15) is 14.4 Å². The number of piperidine rings is 1. The van der Waals surface area contributed by atoms with E-state index in [1.165, 1.54) is 11.1 Å². The topological polar surface area (TPSA) is 117 Å². The fraction of sp³-hybridized carbons (Fsp3) is 0.364. The summed E-state index contributed by atoms with van der Waals surface area (Å²) in [6.07, 6.45) is 2.24. The molecule has 8 nitrogen and oxygen atoms in total. The Morgan fingerprint density at radius 1 is 0.929 bits per heavy atom. The molecule has 6 rings (SSSR count). The van der Waals surface area contributed by atoms with Crippen LogP contribution in [0.2, 0.25) is 5.02 Å². The molecule has 3 atom stereocenters. The summed E-state index contributed by atoms with van der Waals surface area (Å²) in [7, 11) is 0. The maximum absolute atomic E-state index is 14.6. The number of rotatable bonds is 7. The van der Waals surface area contributed by atoms with Crippen molar-refractivity contribution in [3.63, 3.8) is 0 Å². The number of halogens is 1. The fourth-order valence-electron chi connectivity index (χ4n) is 6.96. The van der Waals surface area contributed by atoms with Gasteiger partial charge in [-0.2, -0.15) is 0 Å². The number of amides is 4. The summed E-state index contributed by atoms with van der Waals surface area (Å²) in [4.78, 5) is 41.8. The van der Waals surface area contributed by atoms with Gasteiger partial charge in [-0.3, -0.25) is 9.59 Å². The quantitative estimate of drug-likeness (QED) is 0.315. The largest absolute Gasteiger partial charge is 0.369 e. The maximum atomic E-state index is 14.6. The Kier molecular flexibility index (Phi) is 7.92. The average molecular weight is 586 g/mol. The second-order valence-electron chi connectivity index (χ2n) is 11.6. The van der Waals surface area contributed by atoms with Crippen molar-refractivity contribution < 1.29 is 14.4 Å². The molecule has 9 heteroatoms. The van der Waals surface area contributed by atoms with Gasteiger partial charge in [0.15, 0.2) is 0 Å². The van der Waals surface area contributed by atoms with E-state index in [-0.39, 0.29) is 30.3 Å². The number of hydrogen-bond donors (Lipinski definition) is 4. The van der Waals surface area contributed by atoms with Gasteiger partial charge in [-0.25, -0.2) is 4.79 Å². The third-order valence-corrected chi connectivity index (χ3v) is 9.51. The van der Waals surface area contributed by atoms with Crippen molar-refractivity contribution in [2.45, 2.75) is 50.2 Å². The number of nitrogens with one attached hydrogen (secondary N) is 3. The lowest BCUT2D eigenvalue weighted by Crippen LogP contribution is -2.64. The van der Waals surface area contributed by atoms with E-state index in [0.717, 1.165) is 29.5 Å². The molecule has 3 aliphatic heterocycles. The number of likely N-dealkylation sites (tertiary alicyclic amines) is 1. The van der Waals surface area contributed by atoms with Crippen molar-refractivity contribution in [3.05, 3.63) is 106 Å². The summed E-state index contributed by atoms with van der Waals surface area (Å²) in [5.41, 5.74) is 10.2. The molecule has 0 spiro atoms. The van der Waals surface area contributed by atoms with Crippen LogP contribution in [0, 0.1) is 5.41 Å². The Bertz CT molecular complexity index is 1490. The second kappa shape index (κ2) is 11.8. The smallest absolute Gasteiger partial charge is 0.315 e. The minimum Gasteiger partial charge on any atom is -0.369 e. The minimum absolute atomic E-state index is 0.0736. The first-order valence-corrected chi connectivity index (χ1v) is 15.0. The number of primary amides is 1. The van der Waals surface area contributed by atoms with Crippen LogP contribution in [0.5, 0.6) is 0 Å². The molecular formula is C33H36ClN5O3. The van der Waals surface area contributed by atoms with E-state index < -0.39 is 17.4 Å². The molecule has 218 valence electrons. The van der Waals surface area contributed by atoms with E-state index in [1.54, 1.807) is 12.1 Å². The summed E-state index contributed by atoms with van der Waals surface area (Å²) in [5.74, 6) is -0.598. The molecule has 4 amide bonds. The van der Waals surface area contributed by atoms with Crippen molar-refractivity contribution >= 4 is 29.4 Å². The number of carbonyl (C=O) groups is 3. The Labute approximate surface area is 251 Å². The molecule has 1 unspecified atom stereocenters. The van der Waals surface area contributed by atoms with E-state index >= 15 is 0 Å². The van der Waals surface area contributed by atoms with Crippen LogP contribution in [0.25, 0.3) is 0 Å². The van der Waals surface area contributed by atoms with Gasteiger partial charge in [0.1, 0.15) is 5.41 Å². The van der Waals surface area contributed by atoms with Gasteiger partial charge in [0, 0.05) is 37.2 Å². The lowest BCUT2D eigenvalue weighted by molar-refractivity contribution is -0.153. The first-order chi connectivity index (χ1) is 20.3. The molecule has 0 radical (unpaired) electrons. The Morgan fingerprint density at radius 3 is 2.26 bits per heavy atom. The van der Waals surface area contributed by atoms with E-state index in [4.69, 9.17) is 17.3 Å². The molecule has 0 aliphatic carbocycles. The molecule has 3 aliphatic rings. The molecule has 0 aromatic heterocycles. The van der Waals surface area contributed by atoms with Gasteiger partial charge in [-0.05, 0) is 71.6 Å². The molecular weight excluding hydrogens is 550 g/mol. The Balaban J connectivity index is 1.27. The molecule has 42 heavy (non-hydrogen) atoms. The highest BCUT2D eigenvalue weighted by molar-refractivity contribution is 6.30. The highest BCUT2D eigenvalue weighted by Crippen LogP contribution is 2.38. The predicted octanol–water partition coefficient (Wildman–Crippen LogP) is 3.83. The predicted molar refractivity (Wildman–Crippen MR) is 162 cm³/mol. The van der Waals surface area contributed by atoms with Crippen molar-refractivity contribution in [3.8, 4) is 0 Å². The summed E-state index contributed by atoms with van der Waals surface area (Å²) in [6, 6.07) is 22.9. The highest BCUT2D eigenvalue weighted by Gasteiger charge is 2.53. The molecule has 3 aromatic rings. The van der Waals surface area contributed by atoms with E-state index in [2.05, 4.69) is 40.2 Å². The molecule has 2 fully saturated rings. The molecule has 0 saturated carbocycles. The number of carbonyl (C=O) groups excluding carboxylic acids is 3. The standard InChI is InChI=1S/C33H36ClN5O3/c34-25-11-9-21(10-12-25)18-33(30(35)40,29-17-23-5-1-2-6-24(23)19-36-29)31(41)39-15-13-22(14-16-39)26-7-3-4-8-27(26)28-20-37-32(42)38-28/h1-12,22,28-29,36H,13-20H2,(H2,35,40)(H2,37,38,42)/t28?,29-,33+/m0/s1. The molecule has 5 N–H and O–H groups in total. The summed E-state index contributed by atoms with van der Waals surface area (Å²) >= 11 is 6.16. The zero-order chi connectivity index (χ0) is 29.3. The van der Waals surface area contributed by atoms with Crippen LogP contribution in [0.15, 0.2) is 72.8 Å². The highest BCUT2D eigenvalue weighted by atomic mass is 35.5. The monoisotopic (exact) mass is 585 g/mol. The number of fused-ring (bicyclic) bond motifs is 1. The fourth-order valence-corrected chi connectivity index (χ4v) is 7.08. The summed E-state index contributed by atoms with van der Waals surface area (Å²) in [6.45, 7) is 2.16. The van der Waals surface area contributed by atoms with Crippen molar-refractivity contribution in [1.29, 1.82) is 0 Å². The SMILES string of the molecule is NC(=O)[C@](Cc1ccc(Cl)cc1)(C(=O)N1CCC(c2ccccc2C2CNC(=O)N2)CC1)[C@@H]1Cc2ccccc2CN1. The lowest BCUT2D eigenvalue weighted by Gasteiger charge is -2.44. The molecule has 3 aromatic carbocycles. The van der Waals surface area contributed by atoms with E-state index in [1.807, 2.05) is 41.3 Å². The Morgan fingerprint density at radius 2 is 1.60 bits per heavy atom. The first kappa shape index (κ1) is 28.2. The minimum atomic E-state index is -1.47. The summed E-state index contributed by atoms with van der Waals surface area (Å²) in [5, 5.41) is 9.95. The van der Waals surface area contributed by atoms with Crippen LogP contribution < -0.4 is 21.7 Å². The van der Waals surface area contributed by atoms with Crippen molar-refractivity contribution in [1.82, 2.24) is 20.9 Å². The van der Waals surface area contributed by atoms with Gasteiger partial charge >= 0.3 is 6.03 Å². The second-order valence-corrected chi connectivity index (χ2v) is 12.1. The van der Waals surface area contributed by atoms with Crippen LogP contribution in [-0.4, -0.2) is 48.4 Å². The van der Waals surface area contributed by atoms with Gasteiger partial charge in [-0.15, -0.1) is 0 Å². The third kappa shape index (κ3) is 5.37. The van der Waals surface area contributed by atoms with Gasteiger partial charge in [0.05, 0.1) is 6.04 Å². The zero-order valence-electron chi connectivity index (χ0n) is 23.4. The summed E-state index contributed by atoms with van der Waals surface area (Å²) < 4.78 is 0. The van der Waals surface area contributed by atoms with Gasteiger partial charge in [0.2, 0.25) is 11.8 Å². The van der Waals surface area contributed by atoms with Crippen LogP contribution >= 0.6 is 11.6 Å². The van der Waals surface area contributed by atoms with Crippen molar-refractivity contribution in [2.75, 3.05) is 19.6 Å². The lowest BCUT2D eigenvalue weighted by atomic mass is 9.69. The first-order valence-electron chi connectivity index (χ1n) is 14.6. The molecule has 3 heterocycles.